The first-order valence-electron chi connectivity index (χ1n) is 10.5. The van der Waals surface area contributed by atoms with Crippen LogP contribution in [0, 0.1) is 5.82 Å². The minimum atomic E-state index is -3.63. The zero-order valence-electron chi connectivity index (χ0n) is 19.8. The summed E-state index contributed by atoms with van der Waals surface area (Å²) in [6.07, 6.45) is -2.12. The van der Waals surface area contributed by atoms with Gasteiger partial charge in [-0.25, -0.2) is 27.1 Å². The van der Waals surface area contributed by atoms with Crippen LogP contribution in [0.4, 0.5) is 10.3 Å². The maximum Gasteiger partial charge on any atom is 1.00 e. The molecule has 1 aromatic heterocycles. The molecule has 0 fully saturated rings. The Morgan fingerprint density at radius 2 is 1.94 bits per heavy atom. The molecular weight excluding hydrogens is 476 g/mol. The molecule has 0 bridgehead atoms. The number of hydrogen-bond acceptors (Lipinski definition) is 8. The van der Waals surface area contributed by atoms with Gasteiger partial charge in [0, 0.05) is 42.9 Å². The number of carboxylic acid groups (broad SMARTS) is 1. The molecule has 2 aromatic rings. The number of carbonyl (C=O) groups excluding carboxylic acids is 1. The predicted octanol–water partition coefficient (Wildman–Crippen LogP) is -2.30. The minimum Gasteiger partial charge on any atom is -0.550 e. The number of aliphatic hydroxyl groups excluding tert-OH is 2. The molecule has 9 nitrogen and oxygen atoms in total. The summed E-state index contributed by atoms with van der Waals surface area (Å²) in [7, 11) is -2.28. The van der Waals surface area contributed by atoms with Crippen LogP contribution >= 0.6 is 0 Å². The molecule has 1 aromatic carbocycles. The Hall–Kier alpha value is -1.63. The molecule has 1 aliphatic carbocycles. The summed E-state index contributed by atoms with van der Waals surface area (Å²) in [6, 6.07) is 4.04. The van der Waals surface area contributed by atoms with Crippen LogP contribution in [0.15, 0.2) is 18.2 Å². The van der Waals surface area contributed by atoms with Gasteiger partial charge in [-0.2, -0.15) is 0 Å². The van der Waals surface area contributed by atoms with Crippen molar-refractivity contribution in [2.45, 2.75) is 57.2 Å². The van der Waals surface area contributed by atoms with Crippen LogP contribution in [0.25, 0.3) is 11.3 Å². The van der Waals surface area contributed by atoms with E-state index >= 15 is 0 Å². The van der Waals surface area contributed by atoms with Gasteiger partial charge in [-0.1, -0.05) is 13.8 Å². The van der Waals surface area contributed by atoms with Crippen molar-refractivity contribution in [2.24, 2.45) is 0 Å². The molecule has 1 aliphatic rings. The van der Waals surface area contributed by atoms with E-state index in [1.165, 1.54) is 25.2 Å². The molecule has 0 radical (unpaired) electrons. The van der Waals surface area contributed by atoms with E-state index in [1.807, 2.05) is 13.8 Å². The van der Waals surface area contributed by atoms with E-state index in [0.717, 1.165) is 10.6 Å². The third-order valence-corrected chi connectivity index (χ3v) is 6.98. The third-order valence-electron chi connectivity index (χ3n) is 5.83. The molecule has 34 heavy (non-hydrogen) atoms. The third kappa shape index (κ3) is 6.13. The van der Waals surface area contributed by atoms with Gasteiger partial charge in [-0.3, -0.25) is 0 Å². The molecule has 180 valence electrons. The summed E-state index contributed by atoms with van der Waals surface area (Å²) >= 11 is 0. The first-order chi connectivity index (χ1) is 15.3. The zero-order chi connectivity index (χ0) is 24.7. The largest absolute Gasteiger partial charge is 1.00 e. The van der Waals surface area contributed by atoms with Gasteiger partial charge >= 0.3 is 29.6 Å². The van der Waals surface area contributed by atoms with Gasteiger partial charge in [0.15, 0.2) is 0 Å². The predicted molar refractivity (Wildman–Crippen MR) is 117 cm³/mol. The summed E-state index contributed by atoms with van der Waals surface area (Å²) in [5.41, 5.74) is 2.69. The first kappa shape index (κ1) is 28.6. The number of hydrogen-bond donors (Lipinski definition) is 2. The van der Waals surface area contributed by atoms with Crippen molar-refractivity contribution < 1.29 is 62.5 Å². The Bertz CT molecular complexity index is 1180. The Morgan fingerprint density at radius 1 is 1.29 bits per heavy atom. The maximum absolute atomic E-state index is 14.2. The smallest absolute Gasteiger partial charge is 0.550 e. The van der Waals surface area contributed by atoms with E-state index in [4.69, 9.17) is 0 Å². The van der Waals surface area contributed by atoms with E-state index in [1.54, 1.807) is 0 Å². The maximum atomic E-state index is 14.2. The summed E-state index contributed by atoms with van der Waals surface area (Å²) in [4.78, 5) is 19.8. The quantitative estimate of drug-likeness (QED) is 0.383. The number of nitrogens with zero attached hydrogens (tertiary/aromatic N) is 3. The molecule has 1 heterocycles. The van der Waals surface area contributed by atoms with E-state index in [-0.39, 0.29) is 54.3 Å². The van der Waals surface area contributed by atoms with Gasteiger partial charge in [-0.15, -0.1) is 0 Å². The van der Waals surface area contributed by atoms with Gasteiger partial charge in [0.2, 0.25) is 16.0 Å². The molecule has 3 rings (SSSR count). The number of rotatable bonds is 8. The molecule has 0 saturated heterocycles. The van der Waals surface area contributed by atoms with Crippen molar-refractivity contribution in [3.05, 3.63) is 40.8 Å². The first-order valence-corrected chi connectivity index (χ1v) is 12.3. The van der Waals surface area contributed by atoms with Gasteiger partial charge in [0.25, 0.3) is 0 Å². The van der Waals surface area contributed by atoms with Crippen LogP contribution in [0.5, 0.6) is 0 Å². The van der Waals surface area contributed by atoms with Crippen LogP contribution in [0.2, 0.25) is 0 Å². The van der Waals surface area contributed by atoms with Crippen molar-refractivity contribution in [2.75, 3.05) is 17.6 Å². The number of halogens is 1. The monoisotopic (exact) mass is 503 g/mol. The Morgan fingerprint density at radius 3 is 2.50 bits per heavy atom. The summed E-state index contributed by atoms with van der Waals surface area (Å²) in [5.74, 6) is -2.75. The van der Waals surface area contributed by atoms with Crippen molar-refractivity contribution in [3.63, 3.8) is 0 Å². The van der Waals surface area contributed by atoms with Crippen LogP contribution in [-0.4, -0.2) is 60.1 Å². The number of carboxylic acids is 1. The second-order valence-electron chi connectivity index (χ2n) is 8.70. The van der Waals surface area contributed by atoms with E-state index in [9.17, 15) is 32.9 Å². The van der Waals surface area contributed by atoms with Gasteiger partial charge in [0.05, 0.1) is 29.9 Å². The number of aromatic nitrogens is 2. The van der Waals surface area contributed by atoms with Gasteiger partial charge in [-0.05, 0) is 36.1 Å². The summed E-state index contributed by atoms with van der Waals surface area (Å²) in [6.45, 7) is 3.78. The van der Waals surface area contributed by atoms with E-state index in [0.29, 0.717) is 28.1 Å². The molecule has 0 unspecified atom stereocenters. The summed E-state index contributed by atoms with van der Waals surface area (Å²) < 4.78 is 39.3. The zero-order valence-corrected chi connectivity index (χ0v) is 22.6. The molecule has 0 saturated carbocycles. The average Bonchev–Trinajstić information content (AvgIpc) is 2.69. The van der Waals surface area contributed by atoms with Crippen molar-refractivity contribution in [1.82, 2.24) is 9.97 Å². The number of aliphatic carboxylic acids is 1. The number of carbonyl (C=O) groups is 1. The molecule has 0 aliphatic heterocycles. The fourth-order valence-electron chi connectivity index (χ4n) is 4.13. The molecular formula is C22H27FN3NaO6S. The second kappa shape index (κ2) is 11.0. The number of benzene rings is 1. The van der Waals surface area contributed by atoms with Crippen molar-refractivity contribution >= 4 is 21.9 Å². The molecule has 12 heteroatoms. The number of fused-ring (bicyclic) bond motifs is 3. The van der Waals surface area contributed by atoms with Gasteiger partial charge in [0.1, 0.15) is 5.82 Å². The fraction of sp³-hybridized carbons (Fsp3) is 0.500. The SMILES string of the molecule is CC(C)c1nc(N(C)S(C)(=O)=O)nc2c1C[C@H]([C@H](O)C[C@H](O)CC(=O)[O-])c1cc(F)ccc1-2.[Na+]. The summed E-state index contributed by atoms with van der Waals surface area (Å²) in [5, 5.41) is 31.7. The van der Waals surface area contributed by atoms with E-state index in [2.05, 4.69) is 9.97 Å². The Labute approximate surface area is 220 Å². The standard InChI is InChI=1S/C22H28FN3O6S.Na/c1-11(2)20-17-10-16(18(28)8-13(27)9-19(29)30)15-7-12(23)5-6-14(15)21(17)25-22(24-20)26(3)33(4,31)32;/h5-7,11,13,16,18,27-28H,8-10H2,1-4H3,(H,29,30);/q;+1/p-1/t13-,16-,18+;/m0./s1. The fourth-order valence-corrected chi connectivity index (χ4v) is 4.51. The number of sulfonamides is 1. The van der Waals surface area contributed by atoms with Gasteiger partial charge < -0.3 is 20.1 Å². The second-order valence-corrected chi connectivity index (χ2v) is 10.7. The minimum absolute atomic E-state index is 0. The Kier molecular flexibility index (Phi) is 9.22. The molecule has 0 amide bonds. The van der Waals surface area contributed by atoms with E-state index < -0.39 is 46.4 Å². The normalized spacial score (nSPS) is 16.8. The number of anilines is 1. The molecule has 3 atom stereocenters. The molecule has 2 N–H and O–H groups in total. The molecule has 0 spiro atoms. The van der Waals surface area contributed by atoms with Crippen molar-refractivity contribution in [3.8, 4) is 11.3 Å². The average molecular weight is 504 g/mol. The number of aliphatic hydroxyl groups is 2. The van der Waals surface area contributed by atoms with Crippen LogP contribution in [0.3, 0.4) is 0 Å². The van der Waals surface area contributed by atoms with Crippen LogP contribution < -0.4 is 39.0 Å². The Balaban J connectivity index is 0.00000408. The van der Waals surface area contributed by atoms with Crippen LogP contribution in [-0.2, 0) is 21.2 Å². The van der Waals surface area contributed by atoms with Crippen molar-refractivity contribution in [1.29, 1.82) is 0 Å². The van der Waals surface area contributed by atoms with Crippen LogP contribution in [0.1, 0.15) is 55.3 Å². The topological polar surface area (TPSA) is 144 Å².